The summed E-state index contributed by atoms with van der Waals surface area (Å²) in [6, 6.07) is 6.39. The summed E-state index contributed by atoms with van der Waals surface area (Å²) in [6.07, 6.45) is 3.95. The van der Waals surface area contributed by atoms with Gasteiger partial charge in [0, 0.05) is 11.8 Å². The quantitative estimate of drug-likeness (QED) is 0.870. The Morgan fingerprint density at radius 1 is 1.23 bits per heavy atom. The van der Waals surface area contributed by atoms with E-state index in [4.69, 9.17) is 0 Å². The third kappa shape index (κ3) is 4.18. The van der Waals surface area contributed by atoms with E-state index in [1.807, 2.05) is 0 Å². The molecule has 2 atom stereocenters. The Balaban J connectivity index is 1.53. The van der Waals surface area contributed by atoms with Gasteiger partial charge in [-0.15, -0.1) is 10.2 Å². The number of aliphatic hydroxyl groups is 1. The van der Waals surface area contributed by atoms with E-state index in [2.05, 4.69) is 15.5 Å². The van der Waals surface area contributed by atoms with E-state index in [0.717, 1.165) is 34.3 Å². The Labute approximate surface area is 137 Å². The fourth-order valence-electron chi connectivity index (χ4n) is 2.45. The number of thioether (sulfide) groups is 1. The van der Waals surface area contributed by atoms with E-state index < -0.39 is 0 Å². The largest absolute Gasteiger partial charge is 0.392 e. The van der Waals surface area contributed by atoms with Gasteiger partial charge in [0.2, 0.25) is 5.13 Å². The van der Waals surface area contributed by atoms with Gasteiger partial charge in [-0.3, -0.25) is 0 Å². The summed E-state index contributed by atoms with van der Waals surface area (Å²) in [6.45, 7) is 0.589. The molecule has 118 valence electrons. The van der Waals surface area contributed by atoms with Gasteiger partial charge in [-0.2, -0.15) is 0 Å². The Hall–Kier alpha value is -1.18. The smallest absolute Gasteiger partial charge is 0.206 e. The van der Waals surface area contributed by atoms with Gasteiger partial charge in [-0.25, -0.2) is 4.39 Å². The third-order valence-corrected chi connectivity index (χ3v) is 6.03. The summed E-state index contributed by atoms with van der Waals surface area (Å²) in [4.78, 5) is 0. The first-order chi connectivity index (χ1) is 10.7. The van der Waals surface area contributed by atoms with Crippen LogP contribution in [0.4, 0.5) is 9.52 Å². The van der Waals surface area contributed by atoms with Crippen molar-refractivity contribution in [1.29, 1.82) is 0 Å². The second kappa shape index (κ2) is 7.39. The first-order valence-electron chi connectivity index (χ1n) is 7.37. The standard InChI is InChI=1S/C15H18FN3OS2/c16-11-7-5-10(6-8-11)9-17-14-18-19-15(22-14)21-13-4-2-1-3-12(13)20/h5-8,12-13,20H,1-4,9H2,(H,17,18). The summed E-state index contributed by atoms with van der Waals surface area (Å²) < 4.78 is 13.7. The molecule has 0 saturated heterocycles. The molecule has 0 spiro atoms. The van der Waals surface area contributed by atoms with Gasteiger partial charge in [-0.1, -0.05) is 48.1 Å². The van der Waals surface area contributed by atoms with Crippen LogP contribution in [-0.2, 0) is 6.54 Å². The van der Waals surface area contributed by atoms with Gasteiger partial charge in [0.15, 0.2) is 4.34 Å². The number of aliphatic hydroxyl groups excluding tert-OH is 1. The van der Waals surface area contributed by atoms with Gasteiger partial charge < -0.3 is 10.4 Å². The maximum absolute atomic E-state index is 12.8. The highest BCUT2D eigenvalue weighted by molar-refractivity contribution is 8.01. The molecule has 1 aromatic carbocycles. The predicted octanol–water partition coefficient (Wildman–Crippen LogP) is 3.68. The molecule has 1 aromatic heterocycles. The first-order valence-corrected chi connectivity index (χ1v) is 9.07. The molecule has 0 radical (unpaired) electrons. The van der Waals surface area contributed by atoms with Crippen molar-refractivity contribution in [3.8, 4) is 0 Å². The van der Waals surface area contributed by atoms with E-state index in [1.54, 1.807) is 23.9 Å². The van der Waals surface area contributed by atoms with Crippen LogP contribution < -0.4 is 5.32 Å². The number of rotatable bonds is 5. The molecule has 2 aromatic rings. The van der Waals surface area contributed by atoms with E-state index >= 15 is 0 Å². The number of nitrogens with zero attached hydrogens (tertiary/aromatic N) is 2. The van der Waals surface area contributed by atoms with Crippen LogP contribution in [0, 0.1) is 5.82 Å². The summed E-state index contributed by atoms with van der Waals surface area (Å²) in [7, 11) is 0. The number of anilines is 1. The third-order valence-electron chi connectivity index (χ3n) is 3.68. The Morgan fingerprint density at radius 2 is 2.00 bits per heavy atom. The van der Waals surface area contributed by atoms with Crippen LogP contribution in [-0.4, -0.2) is 26.7 Å². The number of benzene rings is 1. The van der Waals surface area contributed by atoms with Gasteiger partial charge in [0.1, 0.15) is 5.82 Å². The molecule has 1 aliphatic rings. The van der Waals surface area contributed by atoms with Crippen molar-refractivity contribution in [2.75, 3.05) is 5.32 Å². The lowest BCUT2D eigenvalue weighted by Crippen LogP contribution is -2.26. The zero-order chi connectivity index (χ0) is 15.4. The second-order valence-electron chi connectivity index (χ2n) is 5.36. The molecule has 22 heavy (non-hydrogen) atoms. The summed E-state index contributed by atoms with van der Waals surface area (Å²) in [5, 5.41) is 22.5. The van der Waals surface area contributed by atoms with Crippen molar-refractivity contribution in [3.63, 3.8) is 0 Å². The van der Waals surface area contributed by atoms with Crippen LogP contribution in [0.3, 0.4) is 0 Å². The van der Waals surface area contributed by atoms with Crippen molar-refractivity contribution < 1.29 is 9.50 Å². The highest BCUT2D eigenvalue weighted by atomic mass is 32.2. The van der Waals surface area contributed by atoms with Gasteiger partial charge in [-0.05, 0) is 30.5 Å². The summed E-state index contributed by atoms with van der Waals surface area (Å²) >= 11 is 3.12. The second-order valence-corrected chi connectivity index (χ2v) is 7.83. The minimum Gasteiger partial charge on any atom is -0.392 e. The van der Waals surface area contributed by atoms with Crippen LogP contribution in [0.2, 0.25) is 0 Å². The lowest BCUT2D eigenvalue weighted by Gasteiger charge is -2.25. The minimum atomic E-state index is -0.238. The molecule has 1 saturated carbocycles. The molecule has 1 heterocycles. The molecule has 0 amide bonds. The van der Waals surface area contributed by atoms with E-state index in [-0.39, 0.29) is 17.2 Å². The van der Waals surface area contributed by atoms with Gasteiger partial charge in [0.05, 0.1) is 6.10 Å². The molecule has 2 unspecified atom stereocenters. The van der Waals surface area contributed by atoms with Crippen LogP contribution in [0.25, 0.3) is 0 Å². The normalized spacial score (nSPS) is 21.7. The fraction of sp³-hybridized carbons (Fsp3) is 0.467. The molecular weight excluding hydrogens is 321 g/mol. The van der Waals surface area contributed by atoms with Crippen LogP contribution in [0.1, 0.15) is 31.2 Å². The monoisotopic (exact) mass is 339 g/mol. The molecule has 1 fully saturated rings. The number of aromatic nitrogens is 2. The van der Waals surface area contributed by atoms with Crippen LogP contribution >= 0.6 is 23.1 Å². The van der Waals surface area contributed by atoms with E-state index in [1.165, 1.54) is 29.9 Å². The summed E-state index contributed by atoms with van der Waals surface area (Å²) in [5.41, 5.74) is 0.994. The van der Waals surface area contributed by atoms with Crippen molar-refractivity contribution in [1.82, 2.24) is 10.2 Å². The van der Waals surface area contributed by atoms with Crippen molar-refractivity contribution in [2.24, 2.45) is 0 Å². The molecule has 0 aliphatic heterocycles. The zero-order valence-electron chi connectivity index (χ0n) is 12.0. The topological polar surface area (TPSA) is 58.0 Å². The predicted molar refractivity (Wildman–Crippen MR) is 87.8 cm³/mol. The zero-order valence-corrected chi connectivity index (χ0v) is 13.7. The number of hydrogen-bond donors (Lipinski definition) is 2. The maximum Gasteiger partial charge on any atom is 0.206 e. The molecular formula is C15H18FN3OS2. The Morgan fingerprint density at radius 3 is 2.77 bits per heavy atom. The van der Waals surface area contributed by atoms with Crippen LogP contribution in [0.5, 0.6) is 0 Å². The lowest BCUT2D eigenvalue weighted by molar-refractivity contribution is 0.137. The average Bonchev–Trinajstić information content (AvgIpc) is 2.97. The molecule has 4 nitrogen and oxygen atoms in total. The highest BCUT2D eigenvalue weighted by Gasteiger charge is 2.25. The Bertz CT molecular complexity index is 605. The number of halogens is 1. The lowest BCUT2D eigenvalue weighted by atomic mass is 9.97. The molecule has 2 N–H and O–H groups in total. The molecule has 3 rings (SSSR count). The number of nitrogens with one attached hydrogen (secondary N) is 1. The van der Waals surface area contributed by atoms with Crippen molar-refractivity contribution in [3.05, 3.63) is 35.6 Å². The highest BCUT2D eigenvalue weighted by Crippen LogP contribution is 2.36. The van der Waals surface area contributed by atoms with Crippen molar-refractivity contribution >= 4 is 28.2 Å². The van der Waals surface area contributed by atoms with Crippen molar-refractivity contribution in [2.45, 2.75) is 47.9 Å². The van der Waals surface area contributed by atoms with E-state index in [0.29, 0.717) is 6.54 Å². The maximum atomic E-state index is 12.8. The summed E-state index contributed by atoms with van der Waals surface area (Å²) in [5.74, 6) is -0.232. The van der Waals surface area contributed by atoms with E-state index in [9.17, 15) is 9.50 Å². The molecule has 7 heteroatoms. The first kappa shape index (κ1) is 15.7. The van der Waals surface area contributed by atoms with Gasteiger partial charge >= 0.3 is 0 Å². The molecule has 0 bridgehead atoms. The van der Waals surface area contributed by atoms with Gasteiger partial charge in [0.25, 0.3) is 0 Å². The number of hydrogen-bond acceptors (Lipinski definition) is 6. The fourth-order valence-corrected chi connectivity index (χ4v) is 4.65. The molecule has 1 aliphatic carbocycles. The van der Waals surface area contributed by atoms with Crippen LogP contribution in [0.15, 0.2) is 28.6 Å². The minimum absolute atomic E-state index is 0.228. The Kier molecular flexibility index (Phi) is 5.28. The average molecular weight is 339 g/mol. The SMILES string of the molecule is OC1CCCCC1Sc1nnc(NCc2ccc(F)cc2)s1.